The molecule has 172 valence electrons. The van der Waals surface area contributed by atoms with E-state index >= 15 is 0 Å². The van der Waals surface area contributed by atoms with Crippen molar-refractivity contribution in [2.24, 2.45) is 4.99 Å². The smallest absolute Gasteiger partial charge is 0.191 e. The molecule has 7 nitrogen and oxygen atoms in total. The Morgan fingerprint density at radius 1 is 1.26 bits per heavy atom. The molecule has 1 saturated heterocycles. The normalized spacial score (nSPS) is 14.7. The SMILES string of the molecule is CCNC(=NCC(C)Oc1cccc(OC)c1)NCCc1csc(N2CCCC2)n1.I. The fraction of sp³-hybridized carbons (Fsp3) is 0.545. The zero-order valence-corrected chi connectivity index (χ0v) is 21.7. The van der Waals surface area contributed by atoms with Crippen LogP contribution in [-0.4, -0.2) is 56.9 Å². The fourth-order valence-corrected chi connectivity index (χ4v) is 4.19. The zero-order chi connectivity index (χ0) is 21.2. The number of guanidine groups is 1. The molecule has 0 bridgehead atoms. The summed E-state index contributed by atoms with van der Waals surface area (Å²) >= 11 is 1.75. The maximum absolute atomic E-state index is 5.95. The average molecular weight is 560 g/mol. The molecule has 31 heavy (non-hydrogen) atoms. The van der Waals surface area contributed by atoms with Crippen molar-refractivity contribution in [3.8, 4) is 11.5 Å². The number of benzene rings is 1. The van der Waals surface area contributed by atoms with Crippen LogP contribution in [0.5, 0.6) is 11.5 Å². The predicted molar refractivity (Wildman–Crippen MR) is 140 cm³/mol. The van der Waals surface area contributed by atoms with Gasteiger partial charge in [0.25, 0.3) is 0 Å². The Kier molecular flexibility index (Phi) is 11.2. The van der Waals surface area contributed by atoms with Gasteiger partial charge in [-0.3, -0.25) is 0 Å². The first-order valence-corrected chi connectivity index (χ1v) is 11.6. The Balaban J connectivity index is 0.00000341. The van der Waals surface area contributed by atoms with Gasteiger partial charge in [-0.1, -0.05) is 6.07 Å². The standard InChI is InChI=1S/C22H33N5O2S.HI/c1-4-23-21(25-15-17(2)29-20-9-7-8-19(14-20)28-3)24-11-10-18-16-30-22(26-18)27-12-5-6-13-27;/h7-9,14,16-17H,4-6,10-13,15H2,1-3H3,(H2,23,24,25);1H. The van der Waals surface area contributed by atoms with Crippen molar-refractivity contribution in [2.75, 3.05) is 44.7 Å². The van der Waals surface area contributed by atoms with Gasteiger partial charge in [-0.2, -0.15) is 0 Å². The van der Waals surface area contributed by atoms with E-state index in [1.165, 1.54) is 12.8 Å². The van der Waals surface area contributed by atoms with E-state index in [9.17, 15) is 0 Å². The second-order valence-electron chi connectivity index (χ2n) is 7.32. The number of nitrogens with zero attached hydrogens (tertiary/aromatic N) is 3. The van der Waals surface area contributed by atoms with Crippen LogP contribution in [0.15, 0.2) is 34.6 Å². The fourth-order valence-electron chi connectivity index (χ4n) is 3.28. The van der Waals surface area contributed by atoms with E-state index in [-0.39, 0.29) is 30.1 Å². The van der Waals surface area contributed by atoms with Gasteiger partial charge in [-0.05, 0) is 38.8 Å². The van der Waals surface area contributed by atoms with Crippen molar-refractivity contribution in [1.29, 1.82) is 0 Å². The lowest BCUT2D eigenvalue weighted by atomic mass is 10.3. The van der Waals surface area contributed by atoms with Crippen molar-refractivity contribution >= 4 is 46.4 Å². The summed E-state index contributed by atoms with van der Waals surface area (Å²) in [6, 6.07) is 7.63. The Morgan fingerprint density at radius 3 is 2.77 bits per heavy atom. The average Bonchev–Trinajstić information content (AvgIpc) is 3.44. The highest BCUT2D eigenvalue weighted by Gasteiger charge is 2.15. The number of anilines is 1. The van der Waals surface area contributed by atoms with Crippen LogP contribution in [0.4, 0.5) is 5.13 Å². The lowest BCUT2D eigenvalue weighted by Gasteiger charge is -2.15. The molecule has 0 aliphatic carbocycles. The van der Waals surface area contributed by atoms with Crippen molar-refractivity contribution in [3.05, 3.63) is 35.3 Å². The van der Waals surface area contributed by atoms with E-state index < -0.39 is 0 Å². The summed E-state index contributed by atoms with van der Waals surface area (Å²) in [4.78, 5) is 11.8. The minimum absolute atomic E-state index is 0. The summed E-state index contributed by atoms with van der Waals surface area (Å²) in [6.07, 6.45) is 3.39. The molecule has 1 unspecified atom stereocenters. The van der Waals surface area contributed by atoms with Crippen LogP contribution in [-0.2, 0) is 6.42 Å². The summed E-state index contributed by atoms with van der Waals surface area (Å²) in [5, 5.41) is 10.0. The summed E-state index contributed by atoms with van der Waals surface area (Å²) in [6.45, 7) is 8.52. The van der Waals surface area contributed by atoms with E-state index in [1.807, 2.05) is 31.2 Å². The number of methoxy groups -OCH3 is 1. The Bertz CT molecular complexity index is 811. The van der Waals surface area contributed by atoms with Gasteiger partial charge in [-0.25, -0.2) is 9.98 Å². The van der Waals surface area contributed by atoms with Crippen molar-refractivity contribution in [2.45, 2.75) is 39.2 Å². The number of aromatic nitrogens is 1. The molecule has 0 spiro atoms. The molecule has 9 heteroatoms. The van der Waals surface area contributed by atoms with E-state index in [2.05, 4.69) is 32.8 Å². The van der Waals surface area contributed by atoms with Gasteiger partial charge in [0.05, 0.1) is 19.3 Å². The summed E-state index contributed by atoms with van der Waals surface area (Å²) < 4.78 is 11.2. The number of halogens is 1. The lowest BCUT2D eigenvalue weighted by molar-refractivity contribution is 0.229. The van der Waals surface area contributed by atoms with E-state index in [0.29, 0.717) is 6.54 Å². The highest BCUT2D eigenvalue weighted by molar-refractivity contribution is 14.0. The lowest BCUT2D eigenvalue weighted by Crippen LogP contribution is -2.39. The number of nitrogens with one attached hydrogen (secondary N) is 2. The van der Waals surface area contributed by atoms with Gasteiger partial charge in [0.15, 0.2) is 11.1 Å². The topological polar surface area (TPSA) is 71.0 Å². The molecule has 1 atom stereocenters. The van der Waals surface area contributed by atoms with Gasteiger partial charge >= 0.3 is 0 Å². The molecular weight excluding hydrogens is 525 g/mol. The molecule has 2 N–H and O–H groups in total. The maximum Gasteiger partial charge on any atom is 0.191 e. The molecule has 0 amide bonds. The molecule has 1 aromatic carbocycles. The van der Waals surface area contributed by atoms with E-state index in [4.69, 9.17) is 14.5 Å². The van der Waals surface area contributed by atoms with Crippen molar-refractivity contribution in [3.63, 3.8) is 0 Å². The van der Waals surface area contributed by atoms with E-state index in [0.717, 1.165) is 60.9 Å². The Morgan fingerprint density at radius 2 is 2.03 bits per heavy atom. The minimum atomic E-state index is -0.0471. The van der Waals surface area contributed by atoms with Gasteiger partial charge in [0.1, 0.15) is 17.6 Å². The van der Waals surface area contributed by atoms with Crippen LogP contribution < -0.4 is 25.0 Å². The quantitative estimate of drug-likeness (QED) is 0.261. The minimum Gasteiger partial charge on any atom is -0.497 e. The van der Waals surface area contributed by atoms with Crippen molar-refractivity contribution in [1.82, 2.24) is 15.6 Å². The number of thiazole rings is 1. The van der Waals surface area contributed by atoms with Crippen LogP contribution >= 0.6 is 35.3 Å². The largest absolute Gasteiger partial charge is 0.497 e. The van der Waals surface area contributed by atoms with Crippen LogP contribution in [0.25, 0.3) is 0 Å². The molecule has 2 heterocycles. The van der Waals surface area contributed by atoms with Gasteiger partial charge in [-0.15, -0.1) is 35.3 Å². The number of rotatable bonds is 10. The predicted octanol–water partition coefficient (Wildman–Crippen LogP) is 3.94. The van der Waals surface area contributed by atoms with E-state index in [1.54, 1.807) is 18.4 Å². The highest BCUT2D eigenvalue weighted by atomic mass is 127. The Hall–Kier alpha value is -1.75. The summed E-state index contributed by atoms with van der Waals surface area (Å²) in [5.41, 5.74) is 1.14. The second-order valence-corrected chi connectivity index (χ2v) is 8.16. The van der Waals surface area contributed by atoms with Crippen LogP contribution in [0.3, 0.4) is 0 Å². The molecule has 1 aliphatic rings. The second kappa shape index (κ2) is 13.6. The molecule has 1 fully saturated rings. The number of aliphatic imine (C=N–C) groups is 1. The summed E-state index contributed by atoms with van der Waals surface area (Å²) in [5.74, 6) is 2.37. The number of ether oxygens (including phenoxy) is 2. The maximum atomic E-state index is 5.95. The van der Waals surface area contributed by atoms with Gasteiger partial charge in [0.2, 0.25) is 0 Å². The monoisotopic (exact) mass is 559 g/mol. The summed E-state index contributed by atoms with van der Waals surface area (Å²) in [7, 11) is 1.65. The van der Waals surface area contributed by atoms with Gasteiger partial charge in [0, 0.05) is 44.0 Å². The van der Waals surface area contributed by atoms with Crippen molar-refractivity contribution < 1.29 is 9.47 Å². The Labute approximate surface area is 206 Å². The molecule has 0 saturated carbocycles. The molecule has 1 aromatic heterocycles. The molecular formula is C22H34IN5O2S. The first-order chi connectivity index (χ1) is 14.7. The van der Waals surface area contributed by atoms with Crippen LogP contribution in [0.2, 0.25) is 0 Å². The molecule has 1 aliphatic heterocycles. The van der Waals surface area contributed by atoms with Gasteiger partial charge < -0.3 is 25.0 Å². The first-order valence-electron chi connectivity index (χ1n) is 10.7. The zero-order valence-electron chi connectivity index (χ0n) is 18.6. The molecule has 0 radical (unpaired) electrons. The third-order valence-electron chi connectivity index (χ3n) is 4.82. The number of hydrogen-bond acceptors (Lipinski definition) is 6. The number of hydrogen-bond donors (Lipinski definition) is 2. The van der Waals surface area contributed by atoms with Crippen LogP contribution in [0, 0.1) is 0 Å². The third kappa shape index (κ3) is 8.36. The van der Waals surface area contributed by atoms with Crippen LogP contribution in [0.1, 0.15) is 32.4 Å². The molecule has 2 aromatic rings. The highest BCUT2D eigenvalue weighted by Crippen LogP contribution is 2.24. The third-order valence-corrected chi connectivity index (χ3v) is 5.77. The molecule has 3 rings (SSSR count). The first kappa shape index (κ1) is 25.5.